The van der Waals surface area contributed by atoms with Gasteiger partial charge in [-0.2, -0.15) is 0 Å². The molecule has 0 aliphatic carbocycles. The predicted molar refractivity (Wildman–Crippen MR) is 109 cm³/mol. The Labute approximate surface area is 166 Å². The Balaban J connectivity index is 1.44. The van der Waals surface area contributed by atoms with Crippen molar-refractivity contribution in [3.8, 4) is 5.75 Å². The Kier molecular flexibility index (Phi) is 6.63. The Hall–Kier alpha value is -2.63. The maximum absolute atomic E-state index is 12.0. The summed E-state index contributed by atoms with van der Waals surface area (Å²) >= 11 is 7.25. The van der Waals surface area contributed by atoms with Crippen molar-refractivity contribution in [3.63, 3.8) is 0 Å². The van der Waals surface area contributed by atoms with Gasteiger partial charge in [-0.1, -0.05) is 29.8 Å². The van der Waals surface area contributed by atoms with E-state index >= 15 is 0 Å². The number of amides is 1. The molecule has 1 heterocycles. The molecule has 0 bridgehead atoms. The van der Waals surface area contributed by atoms with Crippen LogP contribution >= 0.6 is 22.9 Å². The van der Waals surface area contributed by atoms with Gasteiger partial charge in [0.15, 0.2) is 5.78 Å². The molecule has 0 atom stereocenters. The van der Waals surface area contributed by atoms with Crippen LogP contribution in [0.15, 0.2) is 66.0 Å². The summed E-state index contributed by atoms with van der Waals surface area (Å²) in [6, 6.07) is 18.2. The van der Waals surface area contributed by atoms with Gasteiger partial charge in [0, 0.05) is 23.6 Å². The molecule has 6 heteroatoms. The molecule has 138 valence electrons. The van der Waals surface area contributed by atoms with Crippen LogP contribution in [0.3, 0.4) is 0 Å². The summed E-state index contributed by atoms with van der Waals surface area (Å²) in [5, 5.41) is 5.33. The predicted octanol–water partition coefficient (Wildman–Crippen LogP) is 5.58. The summed E-state index contributed by atoms with van der Waals surface area (Å²) < 4.78 is 5.71. The van der Waals surface area contributed by atoms with Crippen LogP contribution in [0.1, 0.15) is 28.1 Å². The number of rotatable bonds is 8. The van der Waals surface area contributed by atoms with E-state index < -0.39 is 0 Å². The first-order valence-electron chi connectivity index (χ1n) is 8.44. The summed E-state index contributed by atoms with van der Waals surface area (Å²) in [4.78, 5) is 24.6. The van der Waals surface area contributed by atoms with Crippen molar-refractivity contribution < 1.29 is 14.3 Å². The third kappa shape index (κ3) is 5.94. The molecule has 0 aliphatic rings. The maximum Gasteiger partial charge on any atom is 0.224 e. The number of carbonyl (C=O) groups is 2. The van der Waals surface area contributed by atoms with E-state index in [9.17, 15) is 9.59 Å². The Morgan fingerprint density at radius 2 is 1.70 bits per heavy atom. The maximum atomic E-state index is 12.0. The van der Waals surface area contributed by atoms with E-state index in [1.807, 2.05) is 35.7 Å². The van der Waals surface area contributed by atoms with Crippen LogP contribution < -0.4 is 10.1 Å². The quantitative estimate of drug-likeness (QED) is 0.503. The molecule has 0 spiro atoms. The SMILES string of the molecule is O=C(CCC(=O)c1cccs1)Nc1ccc(OCc2ccc(Cl)cc2)cc1. The molecule has 0 radical (unpaired) electrons. The lowest BCUT2D eigenvalue weighted by molar-refractivity contribution is -0.116. The van der Waals surface area contributed by atoms with Gasteiger partial charge < -0.3 is 10.1 Å². The molecule has 1 aromatic heterocycles. The highest BCUT2D eigenvalue weighted by atomic mass is 35.5. The van der Waals surface area contributed by atoms with Crippen molar-refractivity contribution >= 4 is 40.3 Å². The molecular weight excluding hydrogens is 382 g/mol. The third-order valence-electron chi connectivity index (χ3n) is 3.83. The topological polar surface area (TPSA) is 55.4 Å². The molecule has 0 unspecified atom stereocenters. The number of Topliss-reactive ketones (excluding diaryl/α,β-unsaturated/α-hetero) is 1. The first-order valence-corrected chi connectivity index (χ1v) is 9.70. The number of carbonyl (C=O) groups excluding carboxylic acids is 2. The zero-order valence-corrected chi connectivity index (χ0v) is 16.1. The molecule has 0 saturated carbocycles. The molecule has 27 heavy (non-hydrogen) atoms. The Bertz CT molecular complexity index is 890. The smallest absolute Gasteiger partial charge is 0.224 e. The average molecular weight is 400 g/mol. The van der Waals surface area contributed by atoms with Crippen molar-refractivity contribution in [1.29, 1.82) is 0 Å². The summed E-state index contributed by atoms with van der Waals surface area (Å²) in [6.45, 7) is 0.438. The zero-order chi connectivity index (χ0) is 19.1. The lowest BCUT2D eigenvalue weighted by atomic mass is 10.2. The van der Waals surface area contributed by atoms with Crippen molar-refractivity contribution in [1.82, 2.24) is 0 Å². The number of benzene rings is 2. The second-order valence-corrected chi connectivity index (χ2v) is 7.27. The minimum atomic E-state index is -0.185. The number of hydrogen-bond donors (Lipinski definition) is 1. The monoisotopic (exact) mass is 399 g/mol. The summed E-state index contributed by atoms with van der Waals surface area (Å²) in [7, 11) is 0. The van der Waals surface area contributed by atoms with E-state index in [1.165, 1.54) is 11.3 Å². The average Bonchev–Trinajstić information content (AvgIpc) is 3.22. The van der Waals surface area contributed by atoms with Gasteiger partial charge in [0.25, 0.3) is 0 Å². The fraction of sp³-hybridized carbons (Fsp3) is 0.143. The molecule has 1 amide bonds. The van der Waals surface area contributed by atoms with Gasteiger partial charge >= 0.3 is 0 Å². The molecule has 1 N–H and O–H groups in total. The van der Waals surface area contributed by atoms with E-state index in [4.69, 9.17) is 16.3 Å². The van der Waals surface area contributed by atoms with Crippen LogP contribution in [-0.4, -0.2) is 11.7 Å². The van der Waals surface area contributed by atoms with Crippen molar-refractivity contribution in [2.75, 3.05) is 5.32 Å². The fourth-order valence-electron chi connectivity index (χ4n) is 2.39. The lowest BCUT2D eigenvalue weighted by Gasteiger charge is -2.08. The van der Waals surface area contributed by atoms with Crippen molar-refractivity contribution in [2.24, 2.45) is 0 Å². The van der Waals surface area contributed by atoms with Crippen LogP contribution in [0.25, 0.3) is 0 Å². The van der Waals surface area contributed by atoms with Crippen LogP contribution in [0.4, 0.5) is 5.69 Å². The van der Waals surface area contributed by atoms with Gasteiger partial charge in [-0.15, -0.1) is 11.3 Å². The van der Waals surface area contributed by atoms with Crippen LogP contribution in [0, 0.1) is 0 Å². The van der Waals surface area contributed by atoms with Gasteiger partial charge in [0.05, 0.1) is 4.88 Å². The zero-order valence-electron chi connectivity index (χ0n) is 14.5. The second-order valence-electron chi connectivity index (χ2n) is 5.89. The van der Waals surface area contributed by atoms with E-state index in [1.54, 1.807) is 30.3 Å². The number of halogens is 1. The van der Waals surface area contributed by atoms with Crippen molar-refractivity contribution in [2.45, 2.75) is 19.4 Å². The molecule has 0 fully saturated rings. The van der Waals surface area contributed by atoms with Crippen LogP contribution in [-0.2, 0) is 11.4 Å². The van der Waals surface area contributed by atoms with Crippen LogP contribution in [0.2, 0.25) is 5.02 Å². The number of thiophene rings is 1. The highest BCUT2D eigenvalue weighted by Crippen LogP contribution is 2.18. The Morgan fingerprint density at radius 3 is 2.37 bits per heavy atom. The lowest BCUT2D eigenvalue weighted by Crippen LogP contribution is -2.13. The van der Waals surface area contributed by atoms with Gasteiger partial charge in [-0.3, -0.25) is 9.59 Å². The largest absolute Gasteiger partial charge is 0.489 e. The Morgan fingerprint density at radius 1 is 0.963 bits per heavy atom. The van der Waals surface area contributed by atoms with Gasteiger partial charge in [-0.05, 0) is 53.4 Å². The second kappa shape index (κ2) is 9.35. The first kappa shape index (κ1) is 19.1. The minimum absolute atomic E-state index is 0.00824. The first-order chi connectivity index (χ1) is 13.1. The van der Waals surface area contributed by atoms with Gasteiger partial charge in [0.1, 0.15) is 12.4 Å². The van der Waals surface area contributed by atoms with Gasteiger partial charge in [-0.25, -0.2) is 0 Å². The normalized spacial score (nSPS) is 10.4. The molecule has 0 aliphatic heterocycles. The highest BCUT2D eigenvalue weighted by Gasteiger charge is 2.10. The molecule has 0 saturated heterocycles. The molecule has 2 aromatic carbocycles. The van der Waals surface area contributed by atoms with E-state index in [0.717, 1.165) is 5.56 Å². The number of hydrogen-bond acceptors (Lipinski definition) is 4. The number of anilines is 1. The molecule has 3 rings (SSSR count). The summed E-state index contributed by atoms with van der Waals surface area (Å²) in [6.07, 6.45) is 0.361. The number of nitrogens with one attached hydrogen (secondary N) is 1. The summed E-state index contributed by atoms with van der Waals surface area (Å²) in [5.74, 6) is 0.511. The number of ketones is 1. The summed E-state index contributed by atoms with van der Waals surface area (Å²) in [5.41, 5.74) is 1.69. The van der Waals surface area contributed by atoms with E-state index in [0.29, 0.717) is 27.9 Å². The number of ether oxygens (including phenoxy) is 1. The van der Waals surface area contributed by atoms with Gasteiger partial charge in [0.2, 0.25) is 5.91 Å². The molecule has 3 aromatic rings. The van der Waals surface area contributed by atoms with E-state index in [-0.39, 0.29) is 24.5 Å². The highest BCUT2D eigenvalue weighted by molar-refractivity contribution is 7.12. The molecule has 4 nitrogen and oxygen atoms in total. The third-order valence-corrected chi connectivity index (χ3v) is 4.99. The minimum Gasteiger partial charge on any atom is -0.489 e. The fourth-order valence-corrected chi connectivity index (χ4v) is 3.21. The standard InChI is InChI=1S/C21H18ClNO3S/c22-16-5-3-15(4-6-16)14-26-18-9-7-17(8-10-18)23-21(25)12-11-19(24)20-2-1-13-27-20/h1-10,13H,11-12,14H2,(H,23,25). The van der Waals surface area contributed by atoms with E-state index in [2.05, 4.69) is 5.32 Å². The molecular formula is C21H18ClNO3S. The van der Waals surface area contributed by atoms with Crippen molar-refractivity contribution in [3.05, 3.63) is 81.5 Å². The van der Waals surface area contributed by atoms with Crippen LogP contribution in [0.5, 0.6) is 5.75 Å².